The molecule has 0 radical (unpaired) electrons. The standard InChI is InChI=1S/C19H21N3O3S/c1-3-10-20-19(24)16-13-25-17(21-16)12-22(11-4-2)18(23)14-26-15-8-6-5-7-9-15/h3-9,13H,1-2,10-12,14H2,(H,20,24). The van der Waals surface area contributed by atoms with Crippen LogP contribution in [0.2, 0.25) is 0 Å². The molecule has 0 saturated heterocycles. The van der Waals surface area contributed by atoms with Crippen molar-refractivity contribution in [3.63, 3.8) is 0 Å². The summed E-state index contributed by atoms with van der Waals surface area (Å²) in [6.45, 7) is 8.11. The molecule has 0 unspecified atom stereocenters. The quantitative estimate of drug-likeness (QED) is 0.513. The van der Waals surface area contributed by atoms with Gasteiger partial charge < -0.3 is 14.6 Å². The van der Waals surface area contributed by atoms with Gasteiger partial charge in [0, 0.05) is 18.0 Å². The molecule has 1 aromatic carbocycles. The molecule has 0 atom stereocenters. The number of benzene rings is 1. The van der Waals surface area contributed by atoms with Gasteiger partial charge in [0.15, 0.2) is 5.69 Å². The van der Waals surface area contributed by atoms with Gasteiger partial charge in [0.2, 0.25) is 11.8 Å². The van der Waals surface area contributed by atoms with Crippen LogP contribution in [-0.2, 0) is 11.3 Å². The summed E-state index contributed by atoms with van der Waals surface area (Å²) in [4.78, 5) is 31.1. The van der Waals surface area contributed by atoms with Crippen molar-refractivity contribution in [3.05, 3.63) is 73.5 Å². The number of nitrogens with one attached hydrogen (secondary N) is 1. The van der Waals surface area contributed by atoms with Crippen molar-refractivity contribution < 1.29 is 14.0 Å². The highest BCUT2D eigenvalue weighted by molar-refractivity contribution is 8.00. The van der Waals surface area contributed by atoms with E-state index < -0.39 is 0 Å². The number of carbonyl (C=O) groups excluding carboxylic acids is 2. The molecule has 0 spiro atoms. The molecule has 2 rings (SSSR count). The van der Waals surface area contributed by atoms with E-state index in [1.807, 2.05) is 30.3 Å². The lowest BCUT2D eigenvalue weighted by molar-refractivity contribution is -0.128. The molecule has 1 aromatic heterocycles. The lowest BCUT2D eigenvalue weighted by Crippen LogP contribution is -2.32. The number of nitrogens with zero attached hydrogens (tertiary/aromatic N) is 2. The van der Waals surface area contributed by atoms with Gasteiger partial charge in [-0.05, 0) is 12.1 Å². The minimum atomic E-state index is -0.346. The molecular formula is C19H21N3O3S. The summed E-state index contributed by atoms with van der Waals surface area (Å²) in [6, 6.07) is 9.71. The first kappa shape index (κ1) is 19.5. The predicted octanol–water partition coefficient (Wildman–Crippen LogP) is 2.90. The zero-order chi connectivity index (χ0) is 18.8. The Hall–Kier alpha value is -2.80. The third-order valence-electron chi connectivity index (χ3n) is 3.33. The fourth-order valence-corrected chi connectivity index (χ4v) is 2.89. The number of carbonyl (C=O) groups is 2. The summed E-state index contributed by atoms with van der Waals surface area (Å²) >= 11 is 1.46. The number of hydrogen-bond donors (Lipinski definition) is 1. The lowest BCUT2D eigenvalue weighted by Gasteiger charge is -2.19. The summed E-state index contributed by atoms with van der Waals surface area (Å²) in [5.41, 5.74) is 0.173. The molecule has 0 aliphatic rings. The average Bonchev–Trinajstić information content (AvgIpc) is 3.13. The van der Waals surface area contributed by atoms with Crippen LogP contribution in [0.15, 0.2) is 71.2 Å². The Balaban J connectivity index is 1.95. The zero-order valence-corrected chi connectivity index (χ0v) is 15.2. The van der Waals surface area contributed by atoms with Gasteiger partial charge in [0.25, 0.3) is 5.91 Å². The fraction of sp³-hybridized carbons (Fsp3) is 0.211. The second-order valence-corrected chi connectivity index (χ2v) is 6.34. The van der Waals surface area contributed by atoms with Crippen LogP contribution >= 0.6 is 11.8 Å². The first-order valence-electron chi connectivity index (χ1n) is 8.04. The van der Waals surface area contributed by atoms with Crippen molar-refractivity contribution in [2.75, 3.05) is 18.8 Å². The Labute approximate surface area is 157 Å². The molecule has 0 aliphatic heterocycles. The highest BCUT2D eigenvalue weighted by atomic mass is 32.2. The molecule has 136 valence electrons. The minimum absolute atomic E-state index is 0.0605. The first-order valence-corrected chi connectivity index (χ1v) is 9.02. The summed E-state index contributed by atoms with van der Waals surface area (Å²) in [6.07, 6.45) is 4.50. The van der Waals surface area contributed by atoms with E-state index in [1.165, 1.54) is 18.0 Å². The molecule has 1 heterocycles. The monoisotopic (exact) mass is 371 g/mol. The van der Waals surface area contributed by atoms with Crippen LogP contribution in [0.3, 0.4) is 0 Å². The van der Waals surface area contributed by atoms with E-state index >= 15 is 0 Å². The van der Waals surface area contributed by atoms with Gasteiger partial charge >= 0.3 is 0 Å². The summed E-state index contributed by atoms with van der Waals surface area (Å²) in [7, 11) is 0. The van der Waals surface area contributed by atoms with Crippen molar-refractivity contribution in [2.24, 2.45) is 0 Å². The molecule has 0 bridgehead atoms. The van der Waals surface area contributed by atoms with Crippen LogP contribution in [-0.4, -0.2) is 40.5 Å². The van der Waals surface area contributed by atoms with Crippen LogP contribution in [0, 0.1) is 0 Å². The van der Waals surface area contributed by atoms with Crippen molar-refractivity contribution in [1.29, 1.82) is 0 Å². The largest absolute Gasteiger partial charge is 0.446 e. The van der Waals surface area contributed by atoms with E-state index in [-0.39, 0.29) is 24.1 Å². The van der Waals surface area contributed by atoms with Crippen LogP contribution in [0.1, 0.15) is 16.4 Å². The van der Waals surface area contributed by atoms with E-state index in [0.29, 0.717) is 24.7 Å². The van der Waals surface area contributed by atoms with E-state index in [9.17, 15) is 9.59 Å². The number of rotatable bonds is 10. The maximum atomic E-state index is 12.5. The maximum Gasteiger partial charge on any atom is 0.273 e. The SMILES string of the molecule is C=CCNC(=O)c1coc(CN(CC=C)C(=O)CSc2ccccc2)n1. The third kappa shape index (κ3) is 5.93. The number of hydrogen-bond acceptors (Lipinski definition) is 5. The smallest absolute Gasteiger partial charge is 0.273 e. The van der Waals surface area contributed by atoms with Gasteiger partial charge in [0.1, 0.15) is 6.26 Å². The number of thioether (sulfide) groups is 1. The summed E-state index contributed by atoms with van der Waals surface area (Å²) in [5.74, 6) is 0.190. The molecular weight excluding hydrogens is 350 g/mol. The van der Waals surface area contributed by atoms with E-state index in [2.05, 4.69) is 23.5 Å². The topological polar surface area (TPSA) is 75.4 Å². The Kier molecular flexibility index (Phi) is 7.70. The molecule has 26 heavy (non-hydrogen) atoms. The lowest BCUT2D eigenvalue weighted by atomic mass is 10.4. The Bertz CT molecular complexity index is 758. The normalized spacial score (nSPS) is 10.2. The Morgan fingerprint density at radius 1 is 1.23 bits per heavy atom. The van der Waals surface area contributed by atoms with E-state index in [1.54, 1.807) is 17.1 Å². The van der Waals surface area contributed by atoms with E-state index in [0.717, 1.165) is 4.90 Å². The van der Waals surface area contributed by atoms with Crippen molar-refractivity contribution in [1.82, 2.24) is 15.2 Å². The summed E-state index contributed by atoms with van der Waals surface area (Å²) < 4.78 is 5.32. The highest BCUT2D eigenvalue weighted by Gasteiger charge is 2.18. The van der Waals surface area contributed by atoms with Crippen molar-refractivity contribution in [2.45, 2.75) is 11.4 Å². The molecule has 2 aromatic rings. The Morgan fingerprint density at radius 2 is 2.00 bits per heavy atom. The van der Waals surface area contributed by atoms with Crippen LogP contribution in [0.25, 0.3) is 0 Å². The summed E-state index contributed by atoms with van der Waals surface area (Å²) in [5, 5.41) is 2.62. The Morgan fingerprint density at radius 3 is 2.69 bits per heavy atom. The number of amides is 2. The van der Waals surface area contributed by atoms with Crippen LogP contribution in [0.5, 0.6) is 0 Å². The second-order valence-electron chi connectivity index (χ2n) is 5.29. The molecule has 0 saturated carbocycles. The maximum absolute atomic E-state index is 12.5. The number of aromatic nitrogens is 1. The molecule has 2 amide bonds. The molecule has 1 N–H and O–H groups in total. The highest BCUT2D eigenvalue weighted by Crippen LogP contribution is 2.18. The van der Waals surface area contributed by atoms with Crippen molar-refractivity contribution >= 4 is 23.6 Å². The molecule has 7 heteroatoms. The van der Waals surface area contributed by atoms with Gasteiger partial charge in [-0.25, -0.2) is 4.98 Å². The predicted molar refractivity (Wildman–Crippen MR) is 102 cm³/mol. The van der Waals surface area contributed by atoms with Gasteiger partial charge in [-0.2, -0.15) is 0 Å². The number of oxazole rings is 1. The first-order chi connectivity index (χ1) is 12.6. The molecule has 0 fully saturated rings. The third-order valence-corrected chi connectivity index (χ3v) is 4.32. The van der Waals surface area contributed by atoms with Gasteiger partial charge in [-0.15, -0.1) is 24.9 Å². The molecule has 0 aliphatic carbocycles. The van der Waals surface area contributed by atoms with Crippen LogP contribution in [0.4, 0.5) is 0 Å². The van der Waals surface area contributed by atoms with Gasteiger partial charge in [0.05, 0.1) is 12.3 Å². The van der Waals surface area contributed by atoms with E-state index in [4.69, 9.17) is 4.42 Å². The van der Waals surface area contributed by atoms with Gasteiger partial charge in [-0.3, -0.25) is 9.59 Å². The van der Waals surface area contributed by atoms with Crippen LogP contribution < -0.4 is 5.32 Å². The van der Waals surface area contributed by atoms with Gasteiger partial charge in [-0.1, -0.05) is 30.4 Å². The minimum Gasteiger partial charge on any atom is -0.446 e. The van der Waals surface area contributed by atoms with Crippen molar-refractivity contribution in [3.8, 4) is 0 Å². The zero-order valence-electron chi connectivity index (χ0n) is 14.4. The second kappa shape index (κ2) is 10.2. The fourth-order valence-electron chi connectivity index (χ4n) is 2.07. The average molecular weight is 371 g/mol. The molecule has 6 nitrogen and oxygen atoms in total.